The maximum atomic E-state index is 12.7. The molecule has 0 fully saturated rings. The number of nitrogens with two attached hydrogens (primary N) is 1. The van der Waals surface area contributed by atoms with E-state index in [0.717, 1.165) is 25.0 Å². The topological polar surface area (TPSA) is 47.3 Å². The van der Waals surface area contributed by atoms with Crippen molar-refractivity contribution in [3.05, 3.63) is 35.6 Å². The van der Waals surface area contributed by atoms with Gasteiger partial charge in [-0.15, -0.1) is 0 Å². The molecule has 3 nitrogen and oxygen atoms in total. The van der Waals surface area contributed by atoms with Crippen LogP contribution in [0.5, 0.6) is 0 Å². The van der Waals surface area contributed by atoms with E-state index in [1.54, 1.807) is 12.1 Å². The monoisotopic (exact) mass is 226 g/mol. The minimum absolute atomic E-state index is 0.0115. The number of hydrogen-bond acceptors (Lipinski definition) is 3. The van der Waals surface area contributed by atoms with Crippen molar-refractivity contribution in [2.75, 3.05) is 13.2 Å². The largest absolute Gasteiger partial charge is 0.381 e. The summed E-state index contributed by atoms with van der Waals surface area (Å²) in [6.07, 6.45) is 1.79. The highest BCUT2D eigenvalue weighted by atomic mass is 19.1. The molecule has 0 spiro atoms. The van der Waals surface area contributed by atoms with Gasteiger partial charge in [0.25, 0.3) is 0 Å². The fraction of sp³-hybridized carbons (Fsp3) is 0.500. The van der Waals surface area contributed by atoms with Gasteiger partial charge in [-0.1, -0.05) is 19.1 Å². The normalized spacial score (nSPS) is 12.7. The number of ether oxygens (including phenoxy) is 1. The van der Waals surface area contributed by atoms with Crippen LogP contribution in [-0.2, 0) is 4.74 Å². The average molecular weight is 226 g/mol. The Morgan fingerprint density at radius 2 is 2.00 bits per heavy atom. The minimum Gasteiger partial charge on any atom is -0.381 e. The van der Waals surface area contributed by atoms with Crippen molar-refractivity contribution in [3.8, 4) is 0 Å². The second kappa shape index (κ2) is 7.33. The highest BCUT2D eigenvalue weighted by molar-refractivity contribution is 5.19. The van der Waals surface area contributed by atoms with Crippen molar-refractivity contribution >= 4 is 0 Å². The molecule has 0 saturated heterocycles. The molecule has 0 heterocycles. The molecule has 3 N–H and O–H groups in total. The molecule has 1 rings (SSSR count). The molecule has 1 atom stereocenters. The Morgan fingerprint density at radius 3 is 2.56 bits per heavy atom. The molecule has 16 heavy (non-hydrogen) atoms. The summed E-state index contributed by atoms with van der Waals surface area (Å²) in [4.78, 5) is 0. The zero-order valence-electron chi connectivity index (χ0n) is 9.58. The molecule has 0 saturated carbocycles. The SMILES string of the molecule is CCCOCCC(NN)c1ccc(F)cc1. The summed E-state index contributed by atoms with van der Waals surface area (Å²) in [6, 6.07) is 6.36. The first kappa shape index (κ1) is 13.1. The highest BCUT2D eigenvalue weighted by Crippen LogP contribution is 2.16. The standard InChI is InChI=1S/C12H19FN2O/c1-2-8-16-9-7-12(15-14)10-3-5-11(13)6-4-10/h3-6,12,15H,2,7-9,14H2,1H3. The Labute approximate surface area is 95.8 Å². The smallest absolute Gasteiger partial charge is 0.123 e. The summed E-state index contributed by atoms with van der Waals surface area (Å²) in [5.74, 6) is 5.22. The fourth-order valence-electron chi connectivity index (χ4n) is 1.49. The Bertz CT molecular complexity index is 290. The number of hydrogen-bond donors (Lipinski definition) is 2. The van der Waals surface area contributed by atoms with Crippen molar-refractivity contribution in [1.82, 2.24) is 5.43 Å². The number of hydrazine groups is 1. The van der Waals surface area contributed by atoms with Crippen LogP contribution in [-0.4, -0.2) is 13.2 Å². The van der Waals surface area contributed by atoms with Gasteiger partial charge in [0.15, 0.2) is 0 Å². The lowest BCUT2D eigenvalue weighted by Gasteiger charge is -2.16. The van der Waals surface area contributed by atoms with Gasteiger partial charge in [-0.05, 0) is 30.5 Å². The van der Waals surface area contributed by atoms with E-state index < -0.39 is 0 Å². The third-order valence-electron chi connectivity index (χ3n) is 2.37. The quantitative estimate of drug-likeness (QED) is 0.425. The van der Waals surface area contributed by atoms with Crippen molar-refractivity contribution < 1.29 is 9.13 Å². The van der Waals surface area contributed by atoms with Crippen molar-refractivity contribution in [2.45, 2.75) is 25.8 Å². The van der Waals surface area contributed by atoms with E-state index in [2.05, 4.69) is 12.3 Å². The Kier molecular flexibility index (Phi) is 6.00. The maximum Gasteiger partial charge on any atom is 0.123 e. The first-order valence-corrected chi connectivity index (χ1v) is 5.57. The number of benzene rings is 1. The predicted octanol–water partition coefficient (Wildman–Crippen LogP) is 2.15. The third kappa shape index (κ3) is 4.26. The highest BCUT2D eigenvalue weighted by Gasteiger charge is 2.09. The summed E-state index contributed by atoms with van der Waals surface area (Å²) >= 11 is 0. The molecular weight excluding hydrogens is 207 g/mol. The van der Waals surface area contributed by atoms with Gasteiger partial charge in [0.05, 0.1) is 0 Å². The van der Waals surface area contributed by atoms with Crippen LogP contribution in [0.25, 0.3) is 0 Å². The lowest BCUT2D eigenvalue weighted by atomic mass is 10.1. The van der Waals surface area contributed by atoms with Crippen LogP contribution in [0.3, 0.4) is 0 Å². The molecule has 1 unspecified atom stereocenters. The van der Waals surface area contributed by atoms with Crippen LogP contribution < -0.4 is 11.3 Å². The van der Waals surface area contributed by atoms with E-state index in [-0.39, 0.29) is 11.9 Å². The van der Waals surface area contributed by atoms with E-state index in [1.165, 1.54) is 12.1 Å². The molecule has 4 heteroatoms. The molecule has 1 aromatic rings. The maximum absolute atomic E-state index is 12.7. The third-order valence-corrected chi connectivity index (χ3v) is 2.37. The van der Waals surface area contributed by atoms with Gasteiger partial charge >= 0.3 is 0 Å². The van der Waals surface area contributed by atoms with Crippen LogP contribution in [0.2, 0.25) is 0 Å². The zero-order valence-corrected chi connectivity index (χ0v) is 9.58. The van der Waals surface area contributed by atoms with E-state index in [1.807, 2.05) is 0 Å². The molecule has 0 radical (unpaired) electrons. The van der Waals surface area contributed by atoms with Crippen LogP contribution in [0.1, 0.15) is 31.4 Å². The summed E-state index contributed by atoms with van der Waals surface area (Å²) in [7, 11) is 0. The minimum atomic E-state index is -0.234. The van der Waals surface area contributed by atoms with Crippen molar-refractivity contribution in [2.24, 2.45) is 5.84 Å². The Balaban J connectivity index is 2.44. The van der Waals surface area contributed by atoms with Crippen LogP contribution in [0.4, 0.5) is 4.39 Å². The van der Waals surface area contributed by atoms with Crippen molar-refractivity contribution in [3.63, 3.8) is 0 Å². The summed E-state index contributed by atoms with van der Waals surface area (Å²) in [5.41, 5.74) is 3.69. The lowest BCUT2D eigenvalue weighted by molar-refractivity contribution is 0.124. The Hall–Kier alpha value is -0.970. The first-order chi connectivity index (χ1) is 7.77. The van der Waals surface area contributed by atoms with Gasteiger partial charge in [0, 0.05) is 19.3 Å². The molecule has 0 amide bonds. The second-order valence-electron chi connectivity index (χ2n) is 3.67. The van der Waals surface area contributed by atoms with Crippen molar-refractivity contribution in [1.29, 1.82) is 0 Å². The molecule has 0 bridgehead atoms. The van der Waals surface area contributed by atoms with Gasteiger partial charge in [-0.3, -0.25) is 11.3 Å². The van der Waals surface area contributed by atoms with Gasteiger partial charge in [0.2, 0.25) is 0 Å². The van der Waals surface area contributed by atoms with Gasteiger partial charge < -0.3 is 4.74 Å². The molecule has 0 aliphatic rings. The summed E-state index contributed by atoms with van der Waals surface area (Å²) in [6.45, 7) is 3.49. The Morgan fingerprint density at radius 1 is 1.31 bits per heavy atom. The zero-order chi connectivity index (χ0) is 11.8. The molecule has 0 aromatic heterocycles. The lowest BCUT2D eigenvalue weighted by Crippen LogP contribution is -2.29. The molecule has 1 aromatic carbocycles. The summed E-state index contributed by atoms with van der Waals surface area (Å²) < 4.78 is 18.1. The second-order valence-corrected chi connectivity index (χ2v) is 3.67. The summed E-state index contributed by atoms with van der Waals surface area (Å²) in [5, 5.41) is 0. The predicted molar refractivity (Wildman–Crippen MR) is 62.2 cm³/mol. The molecule has 0 aliphatic heterocycles. The molecular formula is C12H19FN2O. The van der Waals surface area contributed by atoms with Crippen LogP contribution in [0.15, 0.2) is 24.3 Å². The average Bonchev–Trinajstić information content (AvgIpc) is 2.31. The van der Waals surface area contributed by atoms with E-state index in [0.29, 0.717) is 6.61 Å². The molecule has 0 aliphatic carbocycles. The van der Waals surface area contributed by atoms with Gasteiger partial charge in [-0.2, -0.15) is 0 Å². The fourth-order valence-corrected chi connectivity index (χ4v) is 1.49. The van der Waals surface area contributed by atoms with E-state index in [9.17, 15) is 4.39 Å². The van der Waals surface area contributed by atoms with Crippen LogP contribution >= 0.6 is 0 Å². The number of nitrogens with one attached hydrogen (secondary N) is 1. The number of rotatable bonds is 7. The van der Waals surface area contributed by atoms with Gasteiger partial charge in [0.1, 0.15) is 5.82 Å². The molecule has 90 valence electrons. The first-order valence-electron chi connectivity index (χ1n) is 5.57. The van der Waals surface area contributed by atoms with Gasteiger partial charge in [-0.25, -0.2) is 4.39 Å². The van der Waals surface area contributed by atoms with E-state index >= 15 is 0 Å². The number of halogens is 1. The van der Waals surface area contributed by atoms with Crippen LogP contribution in [0, 0.1) is 5.82 Å². The van der Waals surface area contributed by atoms with E-state index in [4.69, 9.17) is 10.6 Å².